The Labute approximate surface area is 131 Å². The molecule has 2 aromatic heterocycles. The van der Waals surface area contributed by atoms with E-state index in [0.717, 1.165) is 26.7 Å². The van der Waals surface area contributed by atoms with Crippen LogP contribution in [0.15, 0.2) is 22.4 Å². The molecule has 0 saturated carbocycles. The van der Waals surface area contributed by atoms with Crippen molar-refractivity contribution in [2.24, 2.45) is 0 Å². The second-order valence-electron chi connectivity index (χ2n) is 4.63. The van der Waals surface area contributed by atoms with Crippen LogP contribution in [-0.2, 0) is 10.0 Å². The van der Waals surface area contributed by atoms with Gasteiger partial charge in [0.25, 0.3) is 0 Å². The highest BCUT2D eigenvalue weighted by atomic mass is 32.2. The molecular weight excluding hydrogens is 330 g/mol. The fourth-order valence-corrected chi connectivity index (χ4v) is 5.61. The summed E-state index contributed by atoms with van der Waals surface area (Å²) in [5, 5.41) is 10.5. The number of carboxylic acids is 1. The molecule has 8 heteroatoms. The third-order valence-corrected chi connectivity index (χ3v) is 6.59. The summed E-state index contributed by atoms with van der Waals surface area (Å²) in [7, 11) is -3.86. The molecule has 0 amide bonds. The van der Waals surface area contributed by atoms with Crippen molar-refractivity contribution in [3.63, 3.8) is 0 Å². The molecule has 2 heterocycles. The number of hydrogen-bond acceptors (Lipinski definition) is 5. The first-order chi connectivity index (χ1) is 9.72. The van der Waals surface area contributed by atoms with Crippen LogP contribution in [0.1, 0.15) is 38.0 Å². The maximum atomic E-state index is 12.4. The molecule has 0 aliphatic heterocycles. The van der Waals surface area contributed by atoms with E-state index in [9.17, 15) is 13.2 Å². The molecule has 2 N–H and O–H groups in total. The Morgan fingerprint density at radius 3 is 2.57 bits per heavy atom. The lowest BCUT2D eigenvalue weighted by atomic mass is 10.1. The molecule has 0 fully saturated rings. The highest BCUT2D eigenvalue weighted by Gasteiger charge is 2.26. The van der Waals surface area contributed by atoms with Crippen molar-refractivity contribution in [3.8, 4) is 0 Å². The van der Waals surface area contributed by atoms with Crippen molar-refractivity contribution >= 4 is 38.7 Å². The van der Waals surface area contributed by atoms with E-state index in [-0.39, 0.29) is 9.77 Å². The van der Waals surface area contributed by atoms with Gasteiger partial charge in [-0.15, -0.1) is 22.7 Å². The van der Waals surface area contributed by atoms with Gasteiger partial charge in [-0.2, -0.15) is 0 Å². The number of rotatable bonds is 5. The molecule has 0 spiro atoms. The predicted molar refractivity (Wildman–Crippen MR) is 83.8 cm³/mol. The SMILES string of the molecule is Cc1cc(C(C)NS(=O)(=O)c2ccsc2C(=O)O)c(C)s1. The molecule has 5 nitrogen and oxygen atoms in total. The van der Waals surface area contributed by atoms with Gasteiger partial charge in [-0.1, -0.05) is 0 Å². The zero-order valence-electron chi connectivity index (χ0n) is 11.7. The van der Waals surface area contributed by atoms with E-state index in [0.29, 0.717) is 0 Å². The molecule has 0 radical (unpaired) electrons. The van der Waals surface area contributed by atoms with Crippen molar-refractivity contribution in [1.82, 2.24) is 4.72 Å². The first kappa shape index (κ1) is 16.2. The third kappa shape index (κ3) is 3.34. The average Bonchev–Trinajstić information content (AvgIpc) is 2.95. The van der Waals surface area contributed by atoms with Gasteiger partial charge in [-0.05, 0) is 43.8 Å². The lowest BCUT2D eigenvalue weighted by Gasteiger charge is -2.14. The summed E-state index contributed by atoms with van der Waals surface area (Å²) in [5.41, 5.74) is 0.910. The predicted octanol–water partition coefficient (Wildman–Crippen LogP) is 3.16. The molecule has 0 aromatic carbocycles. The van der Waals surface area contributed by atoms with Gasteiger partial charge in [-0.25, -0.2) is 17.9 Å². The van der Waals surface area contributed by atoms with Gasteiger partial charge in [0.15, 0.2) is 0 Å². The monoisotopic (exact) mass is 345 g/mol. The Hall–Kier alpha value is -1.22. The maximum Gasteiger partial charge on any atom is 0.347 e. The van der Waals surface area contributed by atoms with Crippen molar-refractivity contribution in [3.05, 3.63) is 37.7 Å². The van der Waals surface area contributed by atoms with E-state index in [1.165, 1.54) is 11.4 Å². The van der Waals surface area contributed by atoms with Crippen LogP contribution in [0, 0.1) is 13.8 Å². The van der Waals surface area contributed by atoms with Crippen molar-refractivity contribution in [1.29, 1.82) is 0 Å². The van der Waals surface area contributed by atoms with Gasteiger partial charge >= 0.3 is 5.97 Å². The molecule has 1 unspecified atom stereocenters. The number of hydrogen-bond donors (Lipinski definition) is 2. The van der Waals surface area contributed by atoms with E-state index < -0.39 is 22.0 Å². The van der Waals surface area contributed by atoms with Gasteiger partial charge in [0.05, 0.1) is 0 Å². The first-order valence-electron chi connectivity index (χ1n) is 6.12. The first-order valence-corrected chi connectivity index (χ1v) is 9.30. The lowest BCUT2D eigenvalue weighted by Crippen LogP contribution is -2.27. The number of nitrogens with one attached hydrogen (secondary N) is 1. The fraction of sp³-hybridized carbons (Fsp3) is 0.308. The van der Waals surface area contributed by atoms with Crippen molar-refractivity contribution in [2.75, 3.05) is 0 Å². The number of carboxylic acid groups (broad SMARTS) is 1. The van der Waals surface area contributed by atoms with Gasteiger partial charge in [-0.3, -0.25) is 0 Å². The molecule has 0 saturated heterocycles. The van der Waals surface area contributed by atoms with Crippen LogP contribution in [0.4, 0.5) is 0 Å². The third-order valence-electron chi connectivity index (χ3n) is 2.99. The van der Waals surface area contributed by atoms with Gasteiger partial charge in [0, 0.05) is 15.8 Å². The summed E-state index contributed by atoms with van der Waals surface area (Å²) in [5.74, 6) is -1.24. The number of aromatic carboxylic acids is 1. The molecule has 2 rings (SSSR count). The van der Waals surface area contributed by atoms with Crippen LogP contribution in [0.25, 0.3) is 0 Å². The Morgan fingerprint density at radius 2 is 2.05 bits per heavy atom. The number of thiophene rings is 2. The Morgan fingerprint density at radius 1 is 1.38 bits per heavy atom. The van der Waals surface area contributed by atoms with E-state index in [2.05, 4.69) is 4.72 Å². The van der Waals surface area contributed by atoms with E-state index >= 15 is 0 Å². The van der Waals surface area contributed by atoms with Crippen molar-refractivity contribution in [2.45, 2.75) is 31.7 Å². The zero-order chi connectivity index (χ0) is 15.8. The summed E-state index contributed by atoms with van der Waals surface area (Å²) >= 11 is 2.50. The van der Waals surface area contributed by atoms with Crippen LogP contribution in [0.3, 0.4) is 0 Å². The molecule has 0 aliphatic carbocycles. The Balaban J connectivity index is 2.31. The molecule has 0 bridgehead atoms. The minimum Gasteiger partial charge on any atom is -0.477 e. The highest BCUT2D eigenvalue weighted by molar-refractivity contribution is 7.89. The minimum absolute atomic E-state index is 0.173. The summed E-state index contributed by atoms with van der Waals surface area (Å²) < 4.78 is 27.3. The Bertz CT molecular complexity index is 773. The van der Waals surface area contributed by atoms with Crippen LogP contribution in [-0.4, -0.2) is 19.5 Å². The summed E-state index contributed by atoms with van der Waals surface area (Å²) in [6.45, 7) is 5.65. The second-order valence-corrected chi connectivity index (χ2v) is 8.69. The van der Waals surface area contributed by atoms with Crippen molar-refractivity contribution < 1.29 is 18.3 Å². The zero-order valence-corrected chi connectivity index (χ0v) is 14.2. The average molecular weight is 345 g/mol. The molecule has 2 aromatic rings. The summed E-state index contributed by atoms with van der Waals surface area (Å²) in [4.78, 5) is 12.9. The minimum atomic E-state index is -3.86. The smallest absolute Gasteiger partial charge is 0.347 e. The molecule has 0 aliphatic rings. The largest absolute Gasteiger partial charge is 0.477 e. The number of sulfonamides is 1. The second kappa shape index (κ2) is 5.88. The van der Waals surface area contributed by atoms with E-state index in [4.69, 9.17) is 5.11 Å². The molecular formula is C13H15NO4S3. The Kier molecular flexibility index (Phi) is 4.52. The normalized spacial score (nSPS) is 13.3. The van der Waals surface area contributed by atoms with Crippen LogP contribution in [0.5, 0.6) is 0 Å². The quantitative estimate of drug-likeness (QED) is 0.872. The topological polar surface area (TPSA) is 83.5 Å². The maximum absolute atomic E-state index is 12.4. The standard InChI is InChI=1S/C13H15NO4S3/c1-7-6-10(9(3)20-7)8(2)14-21(17,18)11-4-5-19-12(11)13(15)16/h4-6,8,14H,1-3H3,(H,15,16). The van der Waals surface area contributed by atoms with E-state index in [1.807, 2.05) is 19.9 Å². The number of carbonyl (C=O) groups is 1. The van der Waals surface area contributed by atoms with Gasteiger partial charge in [0.1, 0.15) is 9.77 Å². The van der Waals surface area contributed by atoms with Crippen LogP contribution < -0.4 is 4.72 Å². The highest BCUT2D eigenvalue weighted by Crippen LogP contribution is 2.28. The lowest BCUT2D eigenvalue weighted by molar-refractivity contribution is 0.0698. The fourth-order valence-electron chi connectivity index (χ4n) is 2.11. The van der Waals surface area contributed by atoms with E-state index in [1.54, 1.807) is 18.3 Å². The molecule has 1 atom stereocenters. The summed E-state index contributed by atoms with van der Waals surface area (Å²) in [6, 6.07) is 2.84. The number of aryl methyl sites for hydroxylation is 2. The van der Waals surface area contributed by atoms with Crippen LogP contribution >= 0.6 is 22.7 Å². The molecule has 21 heavy (non-hydrogen) atoms. The summed E-state index contributed by atoms with van der Waals surface area (Å²) in [6.07, 6.45) is 0. The van der Waals surface area contributed by atoms with Gasteiger partial charge < -0.3 is 5.11 Å². The van der Waals surface area contributed by atoms with Gasteiger partial charge in [0.2, 0.25) is 10.0 Å². The van der Waals surface area contributed by atoms with Crippen LogP contribution in [0.2, 0.25) is 0 Å². The molecule has 114 valence electrons.